The van der Waals surface area contributed by atoms with Crippen molar-refractivity contribution in [3.63, 3.8) is 0 Å². The van der Waals surface area contributed by atoms with Crippen molar-refractivity contribution in [2.24, 2.45) is 0 Å². The fourth-order valence-electron chi connectivity index (χ4n) is 2.03. The maximum absolute atomic E-state index is 10.1. The van der Waals surface area contributed by atoms with E-state index in [-0.39, 0.29) is 6.54 Å². The van der Waals surface area contributed by atoms with Gasteiger partial charge in [0.05, 0.1) is 12.2 Å². The number of aliphatic hydroxyl groups is 2. The van der Waals surface area contributed by atoms with E-state index >= 15 is 0 Å². The van der Waals surface area contributed by atoms with E-state index in [1.54, 1.807) is 18.2 Å². The lowest BCUT2D eigenvalue weighted by Crippen LogP contribution is -2.26. The Bertz CT molecular complexity index is 578. The quantitative estimate of drug-likeness (QED) is 0.763. The van der Waals surface area contributed by atoms with Crippen LogP contribution >= 0.6 is 23.2 Å². The highest BCUT2D eigenvalue weighted by atomic mass is 35.5. The molecule has 3 N–H and O–H groups in total. The Labute approximate surface area is 134 Å². The zero-order valence-electron chi connectivity index (χ0n) is 11.3. The largest absolute Gasteiger partial charge is 0.387 e. The maximum atomic E-state index is 10.1. The van der Waals surface area contributed by atoms with Gasteiger partial charge in [0.1, 0.15) is 0 Å². The van der Waals surface area contributed by atoms with E-state index in [4.69, 9.17) is 23.2 Å². The van der Waals surface area contributed by atoms with Gasteiger partial charge < -0.3 is 15.5 Å². The monoisotopic (exact) mass is 325 g/mol. The van der Waals surface area contributed by atoms with Crippen LogP contribution in [0, 0.1) is 0 Å². The van der Waals surface area contributed by atoms with E-state index in [1.807, 2.05) is 30.3 Å². The highest BCUT2D eigenvalue weighted by molar-refractivity contribution is 6.33. The Balaban J connectivity index is 1.87. The molecule has 0 aromatic heterocycles. The van der Waals surface area contributed by atoms with Gasteiger partial charge in [-0.25, -0.2) is 0 Å². The first-order valence-corrected chi connectivity index (χ1v) is 7.40. The first-order chi connectivity index (χ1) is 10.1. The lowest BCUT2D eigenvalue weighted by Gasteiger charge is -2.16. The van der Waals surface area contributed by atoms with Crippen LogP contribution in [0.1, 0.15) is 23.3 Å². The Kier molecular flexibility index (Phi) is 6.03. The molecule has 0 aliphatic carbocycles. The van der Waals surface area contributed by atoms with Crippen LogP contribution in [0.25, 0.3) is 0 Å². The third kappa shape index (κ3) is 4.70. The second kappa shape index (κ2) is 7.78. The van der Waals surface area contributed by atoms with Crippen molar-refractivity contribution in [3.05, 3.63) is 69.7 Å². The SMILES string of the molecule is OC(CNCC(O)c1cc(Cl)ccc1Cl)c1ccccc1. The Morgan fingerprint density at radius 2 is 1.57 bits per heavy atom. The van der Waals surface area contributed by atoms with Crippen LogP contribution in [0.15, 0.2) is 48.5 Å². The van der Waals surface area contributed by atoms with E-state index in [9.17, 15) is 10.2 Å². The number of benzene rings is 2. The molecule has 2 aromatic carbocycles. The molecule has 3 nitrogen and oxygen atoms in total. The van der Waals surface area contributed by atoms with Crippen molar-refractivity contribution in [1.82, 2.24) is 5.32 Å². The molecule has 0 saturated heterocycles. The highest BCUT2D eigenvalue weighted by Gasteiger charge is 2.13. The molecular weight excluding hydrogens is 309 g/mol. The summed E-state index contributed by atoms with van der Waals surface area (Å²) in [6.45, 7) is 0.628. The van der Waals surface area contributed by atoms with Crippen molar-refractivity contribution in [3.8, 4) is 0 Å². The summed E-state index contributed by atoms with van der Waals surface area (Å²) < 4.78 is 0. The zero-order chi connectivity index (χ0) is 15.2. The first-order valence-electron chi connectivity index (χ1n) is 6.64. The molecule has 2 atom stereocenters. The van der Waals surface area contributed by atoms with Gasteiger partial charge in [0.2, 0.25) is 0 Å². The van der Waals surface area contributed by atoms with Crippen molar-refractivity contribution in [2.45, 2.75) is 12.2 Å². The number of halogens is 2. The molecule has 0 aliphatic heterocycles. The van der Waals surface area contributed by atoms with Gasteiger partial charge in [-0.3, -0.25) is 0 Å². The second-order valence-electron chi connectivity index (χ2n) is 4.77. The number of hydrogen-bond donors (Lipinski definition) is 3. The van der Waals surface area contributed by atoms with E-state index < -0.39 is 12.2 Å². The predicted molar refractivity (Wildman–Crippen MR) is 85.7 cm³/mol. The molecule has 21 heavy (non-hydrogen) atoms. The summed E-state index contributed by atoms with van der Waals surface area (Å²) in [5, 5.41) is 24.2. The summed E-state index contributed by atoms with van der Waals surface area (Å²) in [6.07, 6.45) is -1.40. The van der Waals surface area contributed by atoms with Gasteiger partial charge in [0, 0.05) is 28.7 Å². The minimum atomic E-state index is -0.779. The third-order valence-electron chi connectivity index (χ3n) is 3.18. The molecule has 0 radical (unpaired) electrons. The van der Waals surface area contributed by atoms with Crippen LogP contribution in [-0.2, 0) is 0 Å². The minimum absolute atomic E-state index is 0.282. The summed E-state index contributed by atoms with van der Waals surface area (Å²) in [7, 11) is 0. The zero-order valence-corrected chi connectivity index (χ0v) is 12.8. The van der Waals surface area contributed by atoms with Crippen LogP contribution in [0.4, 0.5) is 0 Å². The molecule has 2 unspecified atom stereocenters. The van der Waals surface area contributed by atoms with Gasteiger partial charge in [0.25, 0.3) is 0 Å². The molecule has 2 rings (SSSR count). The molecular formula is C16H17Cl2NO2. The van der Waals surface area contributed by atoms with E-state index in [0.29, 0.717) is 22.2 Å². The molecule has 0 spiro atoms. The van der Waals surface area contributed by atoms with Gasteiger partial charge in [-0.15, -0.1) is 0 Å². The van der Waals surface area contributed by atoms with Crippen molar-refractivity contribution >= 4 is 23.2 Å². The summed E-state index contributed by atoms with van der Waals surface area (Å²) in [5.41, 5.74) is 1.41. The number of aliphatic hydroxyl groups excluding tert-OH is 2. The molecule has 112 valence electrons. The molecule has 0 fully saturated rings. The lowest BCUT2D eigenvalue weighted by molar-refractivity contribution is 0.147. The number of rotatable bonds is 6. The molecule has 0 bridgehead atoms. The number of nitrogens with one attached hydrogen (secondary N) is 1. The second-order valence-corrected chi connectivity index (χ2v) is 5.61. The molecule has 0 amide bonds. The number of hydrogen-bond acceptors (Lipinski definition) is 3. The van der Waals surface area contributed by atoms with Gasteiger partial charge in [-0.1, -0.05) is 53.5 Å². The summed E-state index contributed by atoms with van der Waals surface area (Å²) in [4.78, 5) is 0. The average Bonchev–Trinajstić information content (AvgIpc) is 2.50. The highest BCUT2D eigenvalue weighted by Crippen LogP contribution is 2.26. The van der Waals surface area contributed by atoms with Gasteiger partial charge >= 0.3 is 0 Å². The smallest absolute Gasteiger partial charge is 0.0929 e. The normalized spacial score (nSPS) is 13.9. The van der Waals surface area contributed by atoms with Gasteiger partial charge in [-0.2, -0.15) is 0 Å². The van der Waals surface area contributed by atoms with E-state index in [2.05, 4.69) is 5.32 Å². The standard InChI is InChI=1S/C16H17Cl2NO2/c17-12-6-7-14(18)13(8-12)16(21)10-19-9-15(20)11-4-2-1-3-5-11/h1-8,15-16,19-21H,9-10H2. The molecule has 0 heterocycles. The van der Waals surface area contributed by atoms with Crippen LogP contribution in [-0.4, -0.2) is 23.3 Å². The van der Waals surface area contributed by atoms with Crippen LogP contribution in [0.3, 0.4) is 0 Å². The molecule has 0 saturated carbocycles. The predicted octanol–water partition coefficient (Wildman–Crippen LogP) is 3.35. The summed E-state index contributed by atoms with van der Waals surface area (Å²) >= 11 is 11.9. The Morgan fingerprint density at radius 3 is 2.29 bits per heavy atom. The van der Waals surface area contributed by atoms with Crippen molar-refractivity contribution < 1.29 is 10.2 Å². The summed E-state index contributed by atoms with van der Waals surface area (Å²) in [5.74, 6) is 0. The molecule has 5 heteroatoms. The van der Waals surface area contributed by atoms with Crippen LogP contribution < -0.4 is 5.32 Å². The minimum Gasteiger partial charge on any atom is -0.387 e. The van der Waals surface area contributed by atoms with Crippen molar-refractivity contribution in [1.29, 1.82) is 0 Å². The van der Waals surface area contributed by atoms with Gasteiger partial charge in [0.15, 0.2) is 0 Å². The third-order valence-corrected chi connectivity index (χ3v) is 3.76. The molecule has 0 aliphatic rings. The lowest BCUT2D eigenvalue weighted by atomic mass is 10.1. The fourth-order valence-corrected chi connectivity index (χ4v) is 2.45. The maximum Gasteiger partial charge on any atom is 0.0929 e. The van der Waals surface area contributed by atoms with Gasteiger partial charge in [-0.05, 0) is 23.8 Å². The Hall–Kier alpha value is -1.10. The summed E-state index contributed by atoms with van der Waals surface area (Å²) in [6, 6.07) is 14.3. The molecule has 2 aromatic rings. The van der Waals surface area contributed by atoms with Crippen LogP contribution in [0.5, 0.6) is 0 Å². The van der Waals surface area contributed by atoms with Crippen LogP contribution in [0.2, 0.25) is 10.0 Å². The van der Waals surface area contributed by atoms with E-state index in [0.717, 1.165) is 5.56 Å². The Morgan fingerprint density at radius 1 is 0.905 bits per heavy atom. The first kappa shape index (κ1) is 16.3. The van der Waals surface area contributed by atoms with Crippen molar-refractivity contribution in [2.75, 3.05) is 13.1 Å². The average molecular weight is 326 g/mol. The topological polar surface area (TPSA) is 52.5 Å². The van der Waals surface area contributed by atoms with E-state index in [1.165, 1.54) is 0 Å². The fraction of sp³-hybridized carbons (Fsp3) is 0.250.